The van der Waals surface area contributed by atoms with Crippen LogP contribution in [0.15, 0.2) is 55.0 Å². The molecule has 0 radical (unpaired) electrons. The molecule has 7 heteroatoms. The number of pyridine rings is 1. The van der Waals surface area contributed by atoms with Crippen LogP contribution in [-0.2, 0) is 0 Å². The third kappa shape index (κ3) is 3.72. The van der Waals surface area contributed by atoms with Crippen molar-refractivity contribution < 1.29 is 13.9 Å². The van der Waals surface area contributed by atoms with E-state index in [2.05, 4.69) is 21.9 Å². The number of piperidine rings is 2. The van der Waals surface area contributed by atoms with E-state index in [0.717, 1.165) is 30.2 Å². The van der Waals surface area contributed by atoms with E-state index in [0.29, 0.717) is 35.7 Å². The lowest BCUT2D eigenvalue weighted by molar-refractivity contribution is -0.0674. The quantitative estimate of drug-likeness (QED) is 0.601. The van der Waals surface area contributed by atoms with Crippen LogP contribution in [0.1, 0.15) is 35.7 Å². The minimum Gasteiger partial charge on any atom is -0.475 e. The van der Waals surface area contributed by atoms with Gasteiger partial charge >= 0.3 is 0 Å². The second-order valence-electron chi connectivity index (χ2n) is 8.77. The predicted molar refractivity (Wildman–Crippen MR) is 118 cm³/mol. The number of carbonyl (C=O) groups excluding carboxylic acids is 1. The molecule has 2 aromatic heterocycles. The number of hydrogen-bond donors (Lipinski definition) is 0. The van der Waals surface area contributed by atoms with Gasteiger partial charge in [-0.3, -0.25) is 4.79 Å². The fraction of sp³-hybridized carbons (Fsp3) is 0.360. The summed E-state index contributed by atoms with van der Waals surface area (Å²) in [6.45, 7) is 4.48. The van der Waals surface area contributed by atoms with Gasteiger partial charge in [-0.15, -0.1) is 0 Å². The minimum absolute atomic E-state index is 0.0215. The molecular weight excluding hydrogens is 407 g/mol. The Labute approximate surface area is 186 Å². The Hall–Kier alpha value is -3.35. The van der Waals surface area contributed by atoms with E-state index in [1.54, 1.807) is 18.5 Å². The molecule has 6 rings (SSSR count). The molecule has 1 saturated carbocycles. The maximum absolute atomic E-state index is 13.9. The van der Waals surface area contributed by atoms with Gasteiger partial charge in [0.05, 0.1) is 17.8 Å². The molecule has 3 fully saturated rings. The van der Waals surface area contributed by atoms with Gasteiger partial charge in [0.2, 0.25) is 5.88 Å². The van der Waals surface area contributed by atoms with Crippen LogP contribution in [0.3, 0.4) is 0 Å². The molecule has 1 aliphatic carbocycles. The van der Waals surface area contributed by atoms with Crippen LogP contribution in [0.5, 0.6) is 5.88 Å². The maximum Gasteiger partial charge on any atom is 0.255 e. The van der Waals surface area contributed by atoms with Gasteiger partial charge in [0, 0.05) is 30.1 Å². The smallest absolute Gasteiger partial charge is 0.255 e. The standard InChI is InChI=1S/C25H25FN4O2/c1-15-4-6-20(24-27-8-3-9-28-24)21(10-15)25(31)30-19-11-17(12-19)16(2)22(30)14-32-23-7-5-18(26)13-29-23/h3-10,13,16-17,19,22H,11-12,14H2,1-2H3. The zero-order chi connectivity index (χ0) is 22.2. The van der Waals surface area contributed by atoms with E-state index < -0.39 is 5.82 Å². The molecule has 32 heavy (non-hydrogen) atoms. The van der Waals surface area contributed by atoms with Gasteiger partial charge in [-0.25, -0.2) is 19.3 Å². The monoisotopic (exact) mass is 432 g/mol. The van der Waals surface area contributed by atoms with Crippen LogP contribution in [0, 0.1) is 24.6 Å². The van der Waals surface area contributed by atoms with Crippen molar-refractivity contribution in [3.63, 3.8) is 0 Å². The first-order valence-corrected chi connectivity index (χ1v) is 11.0. The lowest BCUT2D eigenvalue weighted by Gasteiger charge is -2.57. The van der Waals surface area contributed by atoms with Gasteiger partial charge < -0.3 is 9.64 Å². The Kier molecular flexibility index (Phi) is 5.33. The van der Waals surface area contributed by atoms with E-state index in [1.165, 1.54) is 12.1 Å². The zero-order valence-corrected chi connectivity index (χ0v) is 18.1. The first-order valence-electron chi connectivity index (χ1n) is 11.0. The molecule has 0 N–H and O–H groups in total. The summed E-state index contributed by atoms with van der Waals surface area (Å²) in [5.41, 5.74) is 2.35. The molecule has 3 aliphatic rings. The summed E-state index contributed by atoms with van der Waals surface area (Å²) >= 11 is 0. The average molecular weight is 432 g/mol. The Morgan fingerprint density at radius 1 is 1.16 bits per heavy atom. The highest BCUT2D eigenvalue weighted by Gasteiger charge is 2.51. The number of hydrogen-bond acceptors (Lipinski definition) is 5. The first-order chi connectivity index (χ1) is 15.5. The van der Waals surface area contributed by atoms with Crippen molar-refractivity contribution in [3.8, 4) is 17.3 Å². The van der Waals surface area contributed by atoms with E-state index in [9.17, 15) is 9.18 Å². The van der Waals surface area contributed by atoms with Crippen molar-refractivity contribution in [1.82, 2.24) is 19.9 Å². The summed E-state index contributed by atoms with van der Waals surface area (Å²) < 4.78 is 19.1. The minimum atomic E-state index is -0.406. The molecule has 2 saturated heterocycles. The van der Waals surface area contributed by atoms with Crippen LogP contribution in [-0.4, -0.2) is 44.4 Å². The second-order valence-corrected chi connectivity index (χ2v) is 8.77. The second kappa shape index (κ2) is 8.30. The molecule has 0 spiro atoms. The number of carbonyl (C=O) groups is 1. The molecule has 4 heterocycles. The van der Waals surface area contributed by atoms with E-state index in [-0.39, 0.29) is 18.0 Å². The lowest BCUT2D eigenvalue weighted by Crippen LogP contribution is -2.64. The average Bonchev–Trinajstić information content (AvgIpc) is 2.78. The Bertz CT molecular complexity index is 1120. The van der Waals surface area contributed by atoms with Crippen molar-refractivity contribution in [1.29, 1.82) is 0 Å². The first kappa shape index (κ1) is 20.5. The van der Waals surface area contributed by atoms with Gasteiger partial charge in [-0.2, -0.15) is 0 Å². The SMILES string of the molecule is Cc1ccc(-c2ncccn2)c(C(=O)N2C3CC(C3)C(C)C2COc2ccc(F)cn2)c1. The van der Waals surface area contributed by atoms with E-state index in [1.807, 2.05) is 30.0 Å². The van der Waals surface area contributed by atoms with E-state index in [4.69, 9.17) is 4.74 Å². The highest BCUT2D eigenvalue weighted by molar-refractivity contribution is 6.01. The van der Waals surface area contributed by atoms with Crippen LogP contribution >= 0.6 is 0 Å². The zero-order valence-electron chi connectivity index (χ0n) is 18.1. The molecular formula is C25H25FN4O2. The van der Waals surface area contributed by atoms with Gasteiger partial charge in [0.25, 0.3) is 5.91 Å². The summed E-state index contributed by atoms with van der Waals surface area (Å²) in [5, 5.41) is 0. The summed E-state index contributed by atoms with van der Waals surface area (Å²) in [4.78, 5) is 28.7. The van der Waals surface area contributed by atoms with Crippen molar-refractivity contribution in [2.24, 2.45) is 11.8 Å². The molecule has 2 aliphatic heterocycles. The summed E-state index contributed by atoms with van der Waals surface area (Å²) in [7, 11) is 0. The molecule has 1 amide bonds. The van der Waals surface area contributed by atoms with Crippen LogP contribution in [0.4, 0.5) is 4.39 Å². The molecule has 164 valence electrons. The summed E-state index contributed by atoms with van der Waals surface area (Å²) in [6.07, 6.45) is 6.53. The Morgan fingerprint density at radius 3 is 2.66 bits per heavy atom. The number of benzene rings is 1. The molecule has 2 atom stereocenters. The van der Waals surface area contributed by atoms with Crippen molar-refractivity contribution in [2.75, 3.05) is 6.61 Å². The fourth-order valence-electron chi connectivity index (χ4n) is 4.90. The number of nitrogens with zero attached hydrogens (tertiary/aromatic N) is 4. The van der Waals surface area contributed by atoms with Crippen LogP contribution < -0.4 is 4.74 Å². The number of halogens is 1. The van der Waals surface area contributed by atoms with Crippen LogP contribution in [0.25, 0.3) is 11.4 Å². The van der Waals surface area contributed by atoms with E-state index >= 15 is 0 Å². The number of ether oxygens (including phenoxy) is 1. The Balaban J connectivity index is 1.46. The lowest BCUT2D eigenvalue weighted by atomic mass is 9.64. The highest BCUT2D eigenvalue weighted by atomic mass is 19.1. The molecule has 2 bridgehead atoms. The van der Waals surface area contributed by atoms with Gasteiger partial charge in [0.1, 0.15) is 12.4 Å². The topological polar surface area (TPSA) is 68.2 Å². The third-order valence-electron chi connectivity index (χ3n) is 6.80. The molecule has 6 nitrogen and oxygen atoms in total. The van der Waals surface area contributed by atoms with Crippen molar-refractivity contribution in [2.45, 2.75) is 38.8 Å². The van der Waals surface area contributed by atoms with Gasteiger partial charge in [-0.05, 0) is 49.8 Å². The molecule has 3 aromatic rings. The number of aryl methyl sites for hydroxylation is 1. The normalized spacial score (nSPS) is 24.0. The molecule has 1 aromatic carbocycles. The van der Waals surface area contributed by atoms with Crippen LogP contribution in [0.2, 0.25) is 0 Å². The highest BCUT2D eigenvalue weighted by Crippen LogP contribution is 2.47. The molecule has 2 unspecified atom stereocenters. The van der Waals surface area contributed by atoms with Crippen molar-refractivity contribution >= 4 is 5.91 Å². The fourth-order valence-corrected chi connectivity index (χ4v) is 4.90. The Morgan fingerprint density at radius 2 is 1.94 bits per heavy atom. The summed E-state index contributed by atoms with van der Waals surface area (Å²) in [6, 6.07) is 10.5. The van der Waals surface area contributed by atoms with Gasteiger partial charge in [-0.1, -0.05) is 24.6 Å². The van der Waals surface area contributed by atoms with Gasteiger partial charge in [0.15, 0.2) is 5.82 Å². The number of aromatic nitrogens is 3. The maximum atomic E-state index is 13.9. The largest absolute Gasteiger partial charge is 0.475 e. The number of amides is 1. The predicted octanol–water partition coefficient (Wildman–Crippen LogP) is 4.30. The summed E-state index contributed by atoms with van der Waals surface area (Å²) in [5.74, 6) is 1.36. The number of rotatable bonds is 5. The number of fused-ring (bicyclic) bond motifs is 2. The van der Waals surface area contributed by atoms with Crippen molar-refractivity contribution in [3.05, 3.63) is 71.9 Å². The third-order valence-corrected chi connectivity index (χ3v) is 6.80.